The number of hydrogen-bond acceptors (Lipinski definition) is 4. The lowest BCUT2D eigenvalue weighted by molar-refractivity contribution is 0.0698. The molecule has 3 rings (SSSR count). The summed E-state index contributed by atoms with van der Waals surface area (Å²) in [5.74, 6) is -0.104. The molecule has 1 atom stereocenters. The summed E-state index contributed by atoms with van der Waals surface area (Å²) in [7, 11) is 1.58. The third-order valence-corrected chi connectivity index (χ3v) is 3.62. The highest BCUT2D eigenvalue weighted by molar-refractivity contribution is 6.02. The lowest BCUT2D eigenvalue weighted by Crippen LogP contribution is -2.06. The topological polar surface area (TPSA) is 68.7 Å². The van der Waals surface area contributed by atoms with Gasteiger partial charge in [-0.05, 0) is 24.6 Å². The number of fused-ring (bicyclic) bond motifs is 1. The van der Waals surface area contributed by atoms with Gasteiger partial charge >= 0.3 is 5.97 Å². The fourth-order valence-corrected chi connectivity index (χ4v) is 2.51. The van der Waals surface area contributed by atoms with Crippen LogP contribution in [0.4, 0.5) is 0 Å². The molecule has 5 nitrogen and oxygen atoms in total. The molecule has 0 spiro atoms. The molecule has 0 saturated carbocycles. The average Bonchev–Trinajstić information content (AvgIpc) is 2.99. The summed E-state index contributed by atoms with van der Waals surface area (Å²) in [6, 6.07) is 6.91. The van der Waals surface area contributed by atoms with E-state index in [0.717, 1.165) is 12.1 Å². The van der Waals surface area contributed by atoms with E-state index in [0.29, 0.717) is 29.9 Å². The van der Waals surface area contributed by atoms with Gasteiger partial charge in [0.25, 0.3) is 0 Å². The number of aromatic nitrogens is 1. The second-order valence-electron chi connectivity index (χ2n) is 4.84. The molecule has 1 aliphatic rings. The van der Waals surface area contributed by atoms with Crippen LogP contribution in [0.25, 0.3) is 10.9 Å². The fraction of sp³-hybridized carbons (Fsp3) is 0.333. The van der Waals surface area contributed by atoms with Crippen molar-refractivity contribution in [2.45, 2.75) is 12.3 Å². The lowest BCUT2D eigenvalue weighted by atomic mass is 9.99. The van der Waals surface area contributed by atoms with E-state index in [2.05, 4.69) is 4.98 Å². The largest absolute Gasteiger partial charge is 0.497 e. The molecule has 104 valence electrons. The Morgan fingerprint density at radius 3 is 2.95 bits per heavy atom. The van der Waals surface area contributed by atoms with Crippen molar-refractivity contribution < 1.29 is 19.4 Å². The number of carbonyl (C=O) groups is 1. The highest BCUT2D eigenvalue weighted by Crippen LogP contribution is 2.29. The average molecular weight is 273 g/mol. The molecule has 2 heterocycles. The number of methoxy groups -OCH3 is 1. The predicted octanol–water partition coefficient (Wildman–Crippen LogP) is 2.45. The second-order valence-corrected chi connectivity index (χ2v) is 4.84. The van der Waals surface area contributed by atoms with Gasteiger partial charge in [-0.1, -0.05) is 0 Å². The maximum absolute atomic E-state index is 11.4. The number of carboxylic acid groups (broad SMARTS) is 1. The molecule has 0 aliphatic carbocycles. The van der Waals surface area contributed by atoms with Gasteiger partial charge in [0, 0.05) is 29.7 Å². The second kappa shape index (κ2) is 5.09. The highest BCUT2D eigenvalue weighted by atomic mass is 16.5. The Morgan fingerprint density at radius 1 is 1.45 bits per heavy atom. The van der Waals surface area contributed by atoms with Crippen LogP contribution in [0.3, 0.4) is 0 Å². The SMILES string of the molecule is COc1ccc2c(C(=O)O)cc(C3CCOC3)nc2c1. The van der Waals surface area contributed by atoms with E-state index in [1.807, 2.05) is 0 Å². The molecular weight excluding hydrogens is 258 g/mol. The molecule has 1 unspecified atom stereocenters. The van der Waals surface area contributed by atoms with Crippen molar-refractivity contribution in [2.75, 3.05) is 20.3 Å². The number of ether oxygens (including phenoxy) is 2. The summed E-state index contributed by atoms with van der Waals surface area (Å²) >= 11 is 0. The van der Waals surface area contributed by atoms with Crippen LogP contribution in [0.2, 0.25) is 0 Å². The number of benzene rings is 1. The van der Waals surface area contributed by atoms with Crippen LogP contribution < -0.4 is 4.74 Å². The third-order valence-electron chi connectivity index (χ3n) is 3.62. The minimum absolute atomic E-state index is 0.170. The van der Waals surface area contributed by atoms with E-state index < -0.39 is 5.97 Å². The quantitative estimate of drug-likeness (QED) is 0.930. The molecule has 2 aromatic rings. The van der Waals surface area contributed by atoms with Crippen molar-refractivity contribution in [2.24, 2.45) is 0 Å². The van der Waals surface area contributed by atoms with E-state index in [1.165, 1.54) is 0 Å². The van der Waals surface area contributed by atoms with Crippen molar-refractivity contribution in [3.8, 4) is 5.75 Å². The first-order chi connectivity index (χ1) is 9.69. The summed E-state index contributed by atoms with van der Waals surface area (Å²) in [6.45, 7) is 1.30. The molecule has 5 heteroatoms. The molecule has 1 aliphatic heterocycles. The number of hydrogen-bond donors (Lipinski definition) is 1. The van der Waals surface area contributed by atoms with Gasteiger partial charge in [-0.2, -0.15) is 0 Å². The van der Waals surface area contributed by atoms with Crippen molar-refractivity contribution in [3.05, 3.63) is 35.5 Å². The smallest absolute Gasteiger partial charge is 0.336 e. The van der Waals surface area contributed by atoms with Crippen LogP contribution in [0, 0.1) is 0 Å². The fourth-order valence-electron chi connectivity index (χ4n) is 2.51. The third kappa shape index (κ3) is 2.20. The Morgan fingerprint density at radius 2 is 2.30 bits per heavy atom. The zero-order chi connectivity index (χ0) is 14.1. The van der Waals surface area contributed by atoms with Crippen molar-refractivity contribution in [1.29, 1.82) is 0 Å². The van der Waals surface area contributed by atoms with Gasteiger partial charge in [0.1, 0.15) is 5.75 Å². The summed E-state index contributed by atoms with van der Waals surface area (Å²) in [4.78, 5) is 16.0. The van der Waals surface area contributed by atoms with E-state index >= 15 is 0 Å². The van der Waals surface area contributed by atoms with E-state index in [4.69, 9.17) is 9.47 Å². The molecule has 20 heavy (non-hydrogen) atoms. The summed E-state index contributed by atoms with van der Waals surface area (Å²) in [5, 5.41) is 10.0. The summed E-state index contributed by atoms with van der Waals surface area (Å²) in [5.41, 5.74) is 1.70. The van der Waals surface area contributed by atoms with Crippen LogP contribution in [0.1, 0.15) is 28.4 Å². The van der Waals surface area contributed by atoms with Crippen LogP contribution in [-0.4, -0.2) is 36.4 Å². The lowest BCUT2D eigenvalue weighted by Gasteiger charge is -2.11. The number of carboxylic acids is 1. The minimum atomic E-state index is -0.942. The molecule has 1 aromatic carbocycles. The van der Waals surface area contributed by atoms with Crippen LogP contribution in [0.15, 0.2) is 24.3 Å². The number of pyridine rings is 1. The Balaban J connectivity index is 2.19. The first-order valence-electron chi connectivity index (χ1n) is 6.49. The normalized spacial score (nSPS) is 18.4. The molecule has 1 N–H and O–H groups in total. The van der Waals surface area contributed by atoms with Crippen LogP contribution >= 0.6 is 0 Å². The molecule has 0 bridgehead atoms. The van der Waals surface area contributed by atoms with Crippen LogP contribution in [0.5, 0.6) is 5.75 Å². The summed E-state index contributed by atoms with van der Waals surface area (Å²) < 4.78 is 10.5. The van der Waals surface area contributed by atoms with E-state index in [9.17, 15) is 9.90 Å². The highest BCUT2D eigenvalue weighted by Gasteiger charge is 2.22. The van der Waals surface area contributed by atoms with Gasteiger partial charge < -0.3 is 14.6 Å². The Labute approximate surface area is 116 Å². The molecular formula is C15H15NO4. The number of rotatable bonds is 3. The standard InChI is InChI=1S/C15H15NO4/c1-19-10-2-3-11-12(15(17)18)7-13(16-14(11)6-10)9-4-5-20-8-9/h2-3,6-7,9H,4-5,8H2,1H3,(H,17,18). The molecule has 0 amide bonds. The van der Waals surface area contributed by atoms with E-state index in [-0.39, 0.29) is 11.5 Å². The first-order valence-corrected chi connectivity index (χ1v) is 6.49. The monoisotopic (exact) mass is 273 g/mol. The maximum atomic E-state index is 11.4. The van der Waals surface area contributed by atoms with Gasteiger partial charge in [0.05, 0.1) is 24.8 Å². The van der Waals surface area contributed by atoms with Gasteiger partial charge in [0.15, 0.2) is 0 Å². The van der Waals surface area contributed by atoms with Gasteiger partial charge in [-0.25, -0.2) is 4.79 Å². The zero-order valence-corrected chi connectivity index (χ0v) is 11.1. The van der Waals surface area contributed by atoms with Crippen molar-refractivity contribution >= 4 is 16.9 Å². The molecule has 1 saturated heterocycles. The number of aromatic carboxylic acids is 1. The minimum Gasteiger partial charge on any atom is -0.497 e. The Hall–Kier alpha value is -2.14. The zero-order valence-electron chi connectivity index (χ0n) is 11.1. The van der Waals surface area contributed by atoms with E-state index in [1.54, 1.807) is 31.4 Å². The Kier molecular flexibility index (Phi) is 3.28. The van der Waals surface area contributed by atoms with Gasteiger partial charge in [-0.3, -0.25) is 4.98 Å². The van der Waals surface area contributed by atoms with Crippen molar-refractivity contribution in [1.82, 2.24) is 4.98 Å². The first kappa shape index (κ1) is 12.9. The maximum Gasteiger partial charge on any atom is 0.336 e. The molecule has 1 fully saturated rings. The van der Waals surface area contributed by atoms with Crippen LogP contribution in [-0.2, 0) is 4.74 Å². The number of nitrogens with zero attached hydrogens (tertiary/aromatic N) is 1. The van der Waals surface area contributed by atoms with Crippen molar-refractivity contribution in [3.63, 3.8) is 0 Å². The Bertz CT molecular complexity index is 662. The predicted molar refractivity (Wildman–Crippen MR) is 73.4 cm³/mol. The molecule has 0 radical (unpaired) electrons. The van der Waals surface area contributed by atoms with Gasteiger partial charge in [0.2, 0.25) is 0 Å². The summed E-state index contributed by atoms with van der Waals surface area (Å²) in [6.07, 6.45) is 0.877. The molecule has 1 aromatic heterocycles. The van der Waals surface area contributed by atoms with Gasteiger partial charge in [-0.15, -0.1) is 0 Å².